The topological polar surface area (TPSA) is 113 Å². The quantitative estimate of drug-likeness (QED) is 0.337. The maximum Gasteiger partial charge on any atom is 0.145 e. The maximum absolute atomic E-state index is 15.2. The molecule has 2 fully saturated rings. The van der Waals surface area contributed by atoms with Crippen LogP contribution >= 0.6 is 0 Å². The van der Waals surface area contributed by atoms with Gasteiger partial charge in [-0.15, -0.1) is 0 Å². The van der Waals surface area contributed by atoms with Gasteiger partial charge in [0, 0.05) is 49.8 Å². The van der Waals surface area contributed by atoms with Gasteiger partial charge in [0.05, 0.1) is 30.3 Å². The fourth-order valence-electron chi connectivity index (χ4n) is 5.48. The first-order valence-electron chi connectivity index (χ1n) is 13.3. The van der Waals surface area contributed by atoms with Gasteiger partial charge in [0.1, 0.15) is 35.0 Å². The summed E-state index contributed by atoms with van der Waals surface area (Å²) < 4.78 is 18.6. The van der Waals surface area contributed by atoms with E-state index in [1.807, 2.05) is 27.8 Å². The molecule has 1 saturated carbocycles. The van der Waals surface area contributed by atoms with E-state index in [4.69, 9.17) is 0 Å². The van der Waals surface area contributed by atoms with Crippen LogP contribution in [0.25, 0.3) is 16.7 Å². The number of β-amino-alcohol motifs (C(OH)–C–C–N with tert-alkyl or cyclic N) is 1. The summed E-state index contributed by atoms with van der Waals surface area (Å²) in [4.78, 5) is 24.6. The number of piperidine rings is 1. The third kappa shape index (κ3) is 5.17. The number of fused-ring (bicyclic) bond motifs is 1. The van der Waals surface area contributed by atoms with Gasteiger partial charge >= 0.3 is 0 Å². The lowest BCUT2D eigenvalue weighted by atomic mass is 9.88. The normalized spacial score (nSPS) is 21.9. The standard InChI is InChI=1S/C28H32FN7O3/c1-19(37)14-33-12-8-28(39,25(38)16-33)17-34-11-7-23-26(34)30-18-31-27(23)35(21-5-6-21)15-20-3-4-22(13-24(20)29)36-10-2-9-32-36/h2-4,7,9-11,13,18,21,25,38-39H,5-6,8,12,14-17H2,1H3. The number of halogens is 1. The molecule has 2 unspecified atom stereocenters. The molecule has 4 aromatic rings. The van der Waals surface area contributed by atoms with E-state index in [1.54, 1.807) is 29.2 Å². The monoisotopic (exact) mass is 533 g/mol. The zero-order valence-electron chi connectivity index (χ0n) is 21.8. The fraction of sp³-hybridized carbons (Fsp3) is 0.429. The number of aliphatic hydroxyl groups excluding tert-OH is 1. The molecule has 1 saturated heterocycles. The zero-order valence-corrected chi connectivity index (χ0v) is 21.8. The van der Waals surface area contributed by atoms with Crippen molar-refractivity contribution in [3.8, 4) is 5.69 Å². The van der Waals surface area contributed by atoms with Gasteiger partial charge in [0.2, 0.25) is 0 Å². The third-order valence-electron chi connectivity index (χ3n) is 7.74. The number of hydrogen-bond donors (Lipinski definition) is 2. The van der Waals surface area contributed by atoms with Crippen molar-refractivity contribution in [1.82, 2.24) is 29.2 Å². The lowest BCUT2D eigenvalue weighted by Crippen LogP contribution is -2.58. The van der Waals surface area contributed by atoms with Crippen molar-refractivity contribution in [2.75, 3.05) is 24.5 Å². The highest BCUT2D eigenvalue weighted by Gasteiger charge is 2.41. The molecule has 2 atom stereocenters. The average Bonchev–Trinajstić information content (AvgIpc) is 3.43. The van der Waals surface area contributed by atoms with Crippen molar-refractivity contribution in [3.63, 3.8) is 0 Å². The minimum Gasteiger partial charge on any atom is -0.389 e. The second kappa shape index (κ2) is 10.1. The van der Waals surface area contributed by atoms with Crippen LogP contribution in [0.4, 0.5) is 10.2 Å². The van der Waals surface area contributed by atoms with E-state index in [0.29, 0.717) is 36.4 Å². The Bertz CT molecular complexity index is 1490. The summed E-state index contributed by atoms with van der Waals surface area (Å²) in [6, 6.07) is 9.11. The van der Waals surface area contributed by atoms with Crippen LogP contribution in [0.5, 0.6) is 0 Å². The Labute approximate surface area is 225 Å². The van der Waals surface area contributed by atoms with Crippen LogP contribution in [0.1, 0.15) is 31.7 Å². The number of nitrogens with zero attached hydrogens (tertiary/aromatic N) is 7. The summed E-state index contributed by atoms with van der Waals surface area (Å²) >= 11 is 0. The van der Waals surface area contributed by atoms with Gasteiger partial charge in [0.25, 0.3) is 0 Å². The molecule has 6 rings (SSSR count). The van der Waals surface area contributed by atoms with Gasteiger partial charge in [-0.25, -0.2) is 19.0 Å². The van der Waals surface area contributed by atoms with Gasteiger partial charge in [0.15, 0.2) is 0 Å². The smallest absolute Gasteiger partial charge is 0.145 e. The van der Waals surface area contributed by atoms with E-state index in [0.717, 1.165) is 24.0 Å². The molecule has 0 bridgehead atoms. The maximum atomic E-state index is 15.2. The second-order valence-electron chi connectivity index (χ2n) is 10.8. The molecule has 1 aliphatic carbocycles. The molecule has 4 heterocycles. The van der Waals surface area contributed by atoms with E-state index in [9.17, 15) is 15.0 Å². The number of rotatable bonds is 9. The van der Waals surface area contributed by atoms with Gasteiger partial charge in [-0.05, 0) is 50.5 Å². The van der Waals surface area contributed by atoms with Crippen LogP contribution < -0.4 is 4.90 Å². The Balaban J connectivity index is 1.25. The Morgan fingerprint density at radius 1 is 1.23 bits per heavy atom. The van der Waals surface area contributed by atoms with E-state index in [-0.39, 0.29) is 37.3 Å². The summed E-state index contributed by atoms with van der Waals surface area (Å²) in [7, 11) is 0. The number of anilines is 1. The molecule has 0 radical (unpaired) electrons. The van der Waals surface area contributed by atoms with Gasteiger partial charge < -0.3 is 19.7 Å². The first kappa shape index (κ1) is 25.6. The number of aromatic nitrogens is 5. The molecule has 2 N–H and O–H groups in total. The zero-order chi connectivity index (χ0) is 27.1. The molecular formula is C28H32FN7O3. The first-order valence-corrected chi connectivity index (χ1v) is 13.3. The number of hydrogen-bond acceptors (Lipinski definition) is 8. The Morgan fingerprint density at radius 2 is 2.08 bits per heavy atom. The van der Waals surface area contributed by atoms with Gasteiger partial charge in [-0.1, -0.05) is 6.07 Å². The summed E-state index contributed by atoms with van der Waals surface area (Å²) in [5.41, 5.74) is 0.527. The SMILES string of the molecule is CC(=O)CN1CCC(O)(Cn2ccc3c(N(Cc4ccc(-n5cccn5)cc4F)C4CC4)ncnc32)C(O)C1. The number of carbonyl (C=O) groups excluding carboxylic acids is 1. The van der Waals surface area contributed by atoms with Crippen molar-refractivity contribution in [2.45, 2.75) is 57.0 Å². The van der Waals surface area contributed by atoms with E-state index in [1.165, 1.54) is 19.3 Å². The van der Waals surface area contributed by atoms with Crippen molar-refractivity contribution in [3.05, 3.63) is 66.6 Å². The molecule has 39 heavy (non-hydrogen) atoms. The lowest BCUT2D eigenvalue weighted by molar-refractivity contribution is -0.134. The summed E-state index contributed by atoms with van der Waals surface area (Å²) in [6.07, 6.45) is 8.11. The number of benzene rings is 1. The van der Waals surface area contributed by atoms with E-state index >= 15 is 4.39 Å². The predicted molar refractivity (Wildman–Crippen MR) is 143 cm³/mol. The number of ketones is 1. The van der Waals surface area contributed by atoms with Crippen LogP contribution in [-0.2, 0) is 17.9 Å². The average molecular weight is 534 g/mol. The third-order valence-corrected chi connectivity index (χ3v) is 7.74. The van der Waals surface area contributed by atoms with Crippen LogP contribution in [0.15, 0.2) is 55.2 Å². The summed E-state index contributed by atoms with van der Waals surface area (Å²) in [6.45, 7) is 3.06. The fourth-order valence-corrected chi connectivity index (χ4v) is 5.48. The van der Waals surface area contributed by atoms with E-state index in [2.05, 4.69) is 20.0 Å². The minimum atomic E-state index is -1.35. The number of aliphatic hydroxyl groups is 2. The molecule has 10 nitrogen and oxygen atoms in total. The highest BCUT2D eigenvalue weighted by atomic mass is 19.1. The number of likely N-dealkylation sites (tertiary alicyclic amines) is 1. The highest BCUT2D eigenvalue weighted by Crippen LogP contribution is 2.36. The Kier molecular flexibility index (Phi) is 6.66. The lowest BCUT2D eigenvalue weighted by Gasteiger charge is -2.42. The Morgan fingerprint density at radius 3 is 2.77 bits per heavy atom. The van der Waals surface area contributed by atoms with Crippen molar-refractivity contribution >= 4 is 22.6 Å². The van der Waals surface area contributed by atoms with Gasteiger partial charge in [-0.2, -0.15) is 5.10 Å². The molecule has 0 spiro atoms. The Hall–Kier alpha value is -3.67. The first-order chi connectivity index (χ1) is 18.8. The minimum absolute atomic E-state index is 0.0298. The second-order valence-corrected chi connectivity index (χ2v) is 10.8. The molecule has 1 aliphatic heterocycles. The van der Waals surface area contributed by atoms with Crippen LogP contribution in [0.3, 0.4) is 0 Å². The molecule has 2 aliphatic rings. The van der Waals surface area contributed by atoms with E-state index < -0.39 is 11.7 Å². The summed E-state index contributed by atoms with van der Waals surface area (Å²) in [5.74, 6) is 0.451. The van der Waals surface area contributed by atoms with Crippen LogP contribution in [0, 0.1) is 5.82 Å². The molecule has 11 heteroatoms. The van der Waals surface area contributed by atoms with Crippen molar-refractivity contribution in [1.29, 1.82) is 0 Å². The summed E-state index contributed by atoms with van der Waals surface area (Å²) in [5, 5.41) is 27.1. The molecule has 0 amide bonds. The highest BCUT2D eigenvalue weighted by molar-refractivity contribution is 5.88. The molecule has 1 aromatic carbocycles. The predicted octanol–water partition coefficient (Wildman–Crippen LogP) is 2.31. The van der Waals surface area contributed by atoms with Crippen LogP contribution in [0.2, 0.25) is 0 Å². The van der Waals surface area contributed by atoms with Crippen molar-refractivity contribution < 1.29 is 19.4 Å². The van der Waals surface area contributed by atoms with Gasteiger partial charge in [-0.3, -0.25) is 9.69 Å². The number of carbonyl (C=O) groups is 1. The van der Waals surface area contributed by atoms with Crippen LogP contribution in [-0.4, -0.2) is 82.6 Å². The largest absolute Gasteiger partial charge is 0.389 e. The molecule has 204 valence electrons. The number of Topliss-reactive ketones (excluding diaryl/α,β-unsaturated/α-hetero) is 1. The van der Waals surface area contributed by atoms with Crippen molar-refractivity contribution in [2.24, 2.45) is 0 Å². The molecule has 3 aromatic heterocycles. The molecular weight excluding hydrogens is 501 g/mol.